The van der Waals surface area contributed by atoms with Gasteiger partial charge in [0.1, 0.15) is 0 Å². The molecule has 0 atom stereocenters. The number of halogens is 2. The maximum Gasteiger partial charge on any atom is 0.252 e. The molecule has 0 aromatic heterocycles. The SMILES string of the molecule is CCCNC(=O)c1cc(Br)ccc1Cl. The summed E-state index contributed by atoms with van der Waals surface area (Å²) in [6, 6.07) is 5.22. The van der Waals surface area contributed by atoms with Gasteiger partial charge in [0.15, 0.2) is 0 Å². The maximum absolute atomic E-state index is 11.6. The monoisotopic (exact) mass is 275 g/mol. The lowest BCUT2D eigenvalue weighted by Crippen LogP contribution is -2.24. The molecule has 1 rings (SSSR count). The van der Waals surface area contributed by atoms with Crippen LogP contribution in [0.15, 0.2) is 22.7 Å². The molecule has 76 valence electrons. The number of nitrogens with one attached hydrogen (secondary N) is 1. The number of benzene rings is 1. The van der Waals surface area contributed by atoms with E-state index in [2.05, 4.69) is 21.2 Å². The Balaban J connectivity index is 2.83. The van der Waals surface area contributed by atoms with Crippen LogP contribution in [0.4, 0.5) is 0 Å². The van der Waals surface area contributed by atoms with Crippen molar-refractivity contribution in [1.82, 2.24) is 5.32 Å². The standard InChI is InChI=1S/C10H11BrClNO/c1-2-5-13-10(14)8-6-7(11)3-4-9(8)12/h3-4,6H,2,5H2,1H3,(H,13,14). The van der Waals surface area contributed by atoms with E-state index in [1.807, 2.05) is 6.92 Å². The highest BCUT2D eigenvalue weighted by atomic mass is 79.9. The Morgan fingerprint density at radius 3 is 2.93 bits per heavy atom. The molecule has 1 aromatic rings. The number of hydrogen-bond acceptors (Lipinski definition) is 1. The second-order valence-electron chi connectivity index (χ2n) is 2.88. The van der Waals surface area contributed by atoms with Crippen LogP contribution in [-0.2, 0) is 0 Å². The summed E-state index contributed by atoms with van der Waals surface area (Å²) in [6.07, 6.45) is 0.914. The largest absolute Gasteiger partial charge is 0.352 e. The summed E-state index contributed by atoms with van der Waals surface area (Å²) in [5.74, 6) is -0.127. The van der Waals surface area contributed by atoms with Gasteiger partial charge in [-0.2, -0.15) is 0 Å². The summed E-state index contributed by atoms with van der Waals surface area (Å²) >= 11 is 9.18. The van der Waals surface area contributed by atoms with Crippen LogP contribution < -0.4 is 5.32 Å². The predicted octanol–water partition coefficient (Wildman–Crippen LogP) is 3.24. The molecule has 0 bridgehead atoms. The van der Waals surface area contributed by atoms with E-state index >= 15 is 0 Å². The highest BCUT2D eigenvalue weighted by Crippen LogP contribution is 2.20. The smallest absolute Gasteiger partial charge is 0.252 e. The zero-order valence-corrected chi connectivity index (χ0v) is 10.2. The molecule has 0 unspecified atom stereocenters. The molecule has 2 nitrogen and oxygen atoms in total. The first-order chi connectivity index (χ1) is 6.65. The zero-order chi connectivity index (χ0) is 10.6. The highest BCUT2D eigenvalue weighted by Gasteiger charge is 2.09. The fourth-order valence-corrected chi connectivity index (χ4v) is 1.57. The minimum Gasteiger partial charge on any atom is -0.352 e. The summed E-state index contributed by atoms with van der Waals surface area (Å²) in [6.45, 7) is 2.67. The van der Waals surface area contributed by atoms with Crippen LogP contribution in [0.1, 0.15) is 23.7 Å². The van der Waals surface area contributed by atoms with Crippen molar-refractivity contribution in [2.75, 3.05) is 6.54 Å². The van der Waals surface area contributed by atoms with Crippen molar-refractivity contribution in [2.45, 2.75) is 13.3 Å². The summed E-state index contributed by atoms with van der Waals surface area (Å²) in [4.78, 5) is 11.6. The maximum atomic E-state index is 11.6. The van der Waals surface area contributed by atoms with Gasteiger partial charge in [0.2, 0.25) is 0 Å². The van der Waals surface area contributed by atoms with Crippen molar-refractivity contribution in [3.63, 3.8) is 0 Å². The lowest BCUT2D eigenvalue weighted by atomic mass is 10.2. The van der Waals surface area contributed by atoms with E-state index in [4.69, 9.17) is 11.6 Å². The van der Waals surface area contributed by atoms with E-state index < -0.39 is 0 Å². The molecule has 0 radical (unpaired) electrons. The molecule has 0 fully saturated rings. The average Bonchev–Trinajstić information content (AvgIpc) is 2.18. The summed E-state index contributed by atoms with van der Waals surface area (Å²) < 4.78 is 0.851. The molecule has 1 aromatic carbocycles. The topological polar surface area (TPSA) is 29.1 Å². The summed E-state index contributed by atoms with van der Waals surface area (Å²) in [7, 11) is 0. The fourth-order valence-electron chi connectivity index (χ4n) is 1.01. The third-order valence-electron chi connectivity index (χ3n) is 1.71. The van der Waals surface area contributed by atoms with Crippen molar-refractivity contribution in [3.05, 3.63) is 33.3 Å². The van der Waals surface area contributed by atoms with Gasteiger partial charge in [-0.25, -0.2) is 0 Å². The molecule has 1 N–H and O–H groups in total. The van der Waals surface area contributed by atoms with E-state index in [0.29, 0.717) is 17.1 Å². The van der Waals surface area contributed by atoms with E-state index in [-0.39, 0.29) is 5.91 Å². The van der Waals surface area contributed by atoms with Gasteiger partial charge in [-0.05, 0) is 24.6 Å². The van der Waals surface area contributed by atoms with Gasteiger partial charge in [-0.1, -0.05) is 34.5 Å². The number of amides is 1. The summed E-state index contributed by atoms with van der Waals surface area (Å²) in [5.41, 5.74) is 0.509. The van der Waals surface area contributed by atoms with Crippen LogP contribution in [0.5, 0.6) is 0 Å². The van der Waals surface area contributed by atoms with Crippen LogP contribution in [0.2, 0.25) is 5.02 Å². The first kappa shape index (κ1) is 11.5. The van der Waals surface area contributed by atoms with Gasteiger partial charge >= 0.3 is 0 Å². The van der Waals surface area contributed by atoms with Gasteiger partial charge in [-0.3, -0.25) is 4.79 Å². The molecule has 0 heterocycles. The van der Waals surface area contributed by atoms with Gasteiger partial charge in [0.05, 0.1) is 10.6 Å². The number of hydrogen-bond donors (Lipinski definition) is 1. The first-order valence-electron chi connectivity index (χ1n) is 4.38. The number of carbonyl (C=O) groups excluding carboxylic acids is 1. The van der Waals surface area contributed by atoms with Crippen LogP contribution in [0.3, 0.4) is 0 Å². The lowest BCUT2D eigenvalue weighted by molar-refractivity contribution is 0.0954. The van der Waals surface area contributed by atoms with E-state index in [9.17, 15) is 4.79 Å². The van der Waals surface area contributed by atoms with Crippen LogP contribution >= 0.6 is 27.5 Å². The normalized spacial score (nSPS) is 9.93. The molecule has 4 heteroatoms. The second-order valence-corrected chi connectivity index (χ2v) is 4.20. The molecule has 0 spiro atoms. The van der Waals surface area contributed by atoms with E-state index in [1.54, 1.807) is 18.2 Å². The molecular formula is C10H11BrClNO. The first-order valence-corrected chi connectivity index (χ1v) is 5.55. The van der Waals surface area contributed by atoms with Crippen molar-refractivity contribution in [2.24, 2.45) is 0 Å². The van der Waals surface area contributed by atoms with E-state index in [0.717, 1.165) is 10.9 Å². The summed E-state index contributed by atoms with van der Waals surface area (Å²) in [5, 5.41) is 3.25. The quantitative estimate of drug-likeness (QED) is 0.902. The van der Waals surface area contributed by atoms with Gasteiger partial charge in [0, 0.05) is 11.0 Å². The van der Waals surface area contributed by atoms with Gasteiger partial charge < -0.3 is 5.32 Å². The Bertz CT molecular complexity index is 341. The van der Waals surface area contributed by atoms with E-state index in [1.165, 1.54) is 0 Å². The molecule has 0 aliphatic carbocycles. The van der Waals surface area contributed by atoms with Crippen LogP contribution in [0, 0.1) is 0 Å². The molecule has 0 saturated carbocycles. The van der Waals surface area contributed by atoms with Crippen LogP contribution in [-0.4, -0.2) is 12.5 Å². The Labute approximate surface area is 96.8 Å². The minimum absolute atomic E-state index is 0.127. The van der Waals surface area contributed by atoms with Crippen molar-refractivity contribution in [1.29, 1.82) is 0 Å². The second kappa shape index (κ2) is 5.37. The van der Waals surface area contributed by atoms with Gasteiger partial charge in [-0.15, -0.1) is 0 Å². The molecule has 14 heavy (non-hydrogen) atoms. The predicted molar refractivity (Wildman–Crippen MR) is 61.8 cm³/mol. The van der Waals surface area contributed by atoms with Crippen molar-refractivity contribution in [3.8, 4) is 0 Å². The Morgan fingerprint density at radius 2 is 2.29 bits per heavy atom. The molecule has 0 aliphatic heterocycles. The number of rotatable bonds is 3. The number of carbonyl (C=O) groups is 1. The highest BCUT2D eigenvalue weighted by molar-refractivity contribution is 9.10. The molecule has 0 aliphatic rings. The van der Waals surface area contributed by atoms with Crippen molar-refractivity contribution < 1.29 is 4.79 Å². The van der Waals surface area contributed by atoms with Gasteiger partial charge in [0.25, 0.3) is 5.91 Å². The van der Waals surface area contributed by atoms with Crippen LogP contribution in [0.25, 0.3) is 0 Å². The average molecular weight is 277 g/mol. The Hall–Kier alpha value is -0.540. The fraction of sp³-hybridized carbons (Fsp3) is 0.300. The Kier molecular flexibility index (Phi) is 4.42. The molecular weight excluding hydrogens is 265 g/mol. The van der Waals surface area contributed by atoms with Crippen molar-refractivity contribution >= 4 is 33.4 Å². The third kappa shape index (κ3) is 3.00. The third-order valence-corrected chi connectivity index (χ3v) is 2.53. The lowest BCUT2D eigenvalue weighted by Gasteiger charge is -2.05. The molecule has 1 amide bonds. The zero-order valence-electron chi connectivity index (χ0n) is 7.81. The minimum atomic E-state index is -0.127. The Morgan fingerprint density at radius 1 is 1.57 bits per heavy atom. The molecule has 0 saturated heterocycles.